The number of benzene rings is 1. The monoisotopic (exact) mass is 361 g/mol. The molecule has 8 heteroatoms. The van der Waals surface area contributed by atoms with Gasteiger partial charge in [-0.1, -0.05) is 17.7 Å². The van der Waals surface area contributed by atoms with E-state index in [0.717, 1.165) is 39.4 Å². The molecule has 0 unspecified atom stereocenters. The van der Waals surface area contributed by atoms with Gasteiger partial charge in [0, 0.05) is 36.8 Å². The van der Waals surface area contributed by atoms with Gasteiger partial charge in [-0.15, -0.1) is 10.2 Å². The number of aromatic nitrogens is 2. The summed E-state index contributed by atoms with van der Waals surface area (Å²) in [7, 11) is 0. The summed E-state index contributed by atoms with van der Waals surface area (Å²) in [4.78, 5) is 14.5. The highest BCUT2D eigenvalue weighted by Gasteiger charge is 2.10. The zero-order valence-electron chi connectivity index (χ0n) is 13.7. The first-order valence-electron chi connectivity index (χ1n) is 8.15. The molecule has 132 valence electrons. The van der Waals surface area contributed by atoms with Crippen LogP contribution in [0.4, 0.5) is 11.6 Å². The molecular formula is C17H20ClN5O2. The molecule has 1 aliphatic heterocycles. The molecule has 0 bridgehead atoms. The molecule has 2 aromatic rings. The van der Waals surface area contributed by atoms with Crippen molar-refractivity contribution in [3.63, 3.8) is 0 Å². The quantitative estimate of drug-likeness (QED) is 0.820. The van der Waals surface area contributed by atoms with Crippen molar-refractivity contribution in [1.29, 1.82) is 0 Å². The SMILES string of the molecule is O=C(Nc1ccc(NCCN2CCOCC2)nn1)c1cccc(Cl)c1. The molecule has 1 amide bonds. The number of hydrogen-bond donors (Lipinski definition) is 2. The van der Waals surface area contributed by atoms with Crippen LogP contribution in [0.2, 0.25) is 5.02 Å². The molecule has 25 heavy (non-hydrogen) atoms. The third kappa shape index (κ3) is 5.38. The molecular weight excluding hydrogens is 342 g/mol. The Bertz CT molecular complexity index is 704. The molecule has 0 aliphatic carbocycles. The van der Waals surface area contributed by atoms with Crippen molar-refractivity contribution in [1.82, 2.24) is 15.1 Å². The number of hydrogen-bond acceptors (Lipinski definition) is 6. The van der Waals surface area contributed by atoms with Gasteiger partial charge in [0.25, 0.3) is 5.91 Å². The summed E-state index contributed by atoms with van der Waals surface area (Å²) in [5.41, 5.74) is 0.474. The Labute approximate surface area is 151 Å². The maximum atomic E-state index is 12.1. The third-order valence-electron chi connectivity index (χ3n) is 3.83. The van der Waals surface area contributed by atoms with E-state index in [0.29, 0.717) is 22.2 Å². The molecule has 7 nitrogen and oxygen atoms in total. The summed E-state index contributed by atoms with van der Waals surface area (Å²) in [5.74, 6) is 0.794. The van der Waals surface area contributed by atoms with Crippen molar-refractivity contribution >= 4 is 29.1 Å². The maximum Gasteiger partial charge on any atom is 0.256 e. The first-order valence-corrected chi connectivity index (χ1v) is 8.53. The van der Waals surface area contributed by atoms with Gasteiger partial charge in [-0.2, -0.15) is 0 Å². The summed E-state index contributed by atoms with van der Waals surface area (Å²) in [6.07, 6.45) is 0. The van der Waals surface area contributed by atoms with Crippen LogP contribution in [0.1, 0.15) is 10.4 Å². The number of halogens is 1. The average Bonchev–Trinajstić information content (AvgIpc) is 2.64. The van der Waals surface area contributed by atoms with Crippen molar-refractivity contribution in [3.05, 3.63) is 47.0 Å². The van der Waals surface area contributed by atoms with Crippen LogP contribution in [0.3, 0.4) is 0 Å². The van der Waals surface area contributed by atoms with E-state index >= 15 is 0 Å². The number of amides is 1. The highest BCUT2D eigenvalue weighted by molar-refractivity contribution is 6.31. The van der Waals surface area contributed by atoms with Gasteiger partial charge in [0.15, 0.2) is 5.82 Å². The van der Waals surface area contributed by atoms with Crippen molar-refractivity contribution in [3.8, 4) is 0 Å². The highest BCUT2D eigenvalue weighted by Crippen LogP contribution is 2.13. The lowest BCUT2D eigenvalue weighted by atomic mass is 10.2. The lowest BCUT2D eigenvalue weighted by Crippen LogP contribution is -2.39. The van der Waals surface area contributed by atoms with Crippen LogP contribution in [0.5, 0.6) is 0 Å². The molecule has 2 heterocycles. The minimum Gasteiger partial charge on any atom is -0.379 e. The van der Waals surface area contributed by atoms with Gasteiger partial charge in [-0.3, -0.25) is 9.69 Å². The molecule has 1 fully saturated rings. The molecule has 0 radical (unpaired) electrons. The van der Waals surface area contributed by atoms with Gasteiger partial charge >= 0.3 is 0 Å². The first kappa shape index (κ1) is 17.6. The minimum atomic E-state index is -0.273. The Hall–Kier alpha value is -2.22. The Morgan fingerprint density at radius 3 is 2.64 bits per heavy atom. The van der Waals surface area contributed by atoms with Crippen molar-refractivity contribution in [2.45, 2.75) is 0 Å². The summed E-state index contributed by atoms with van der Waals surface area (Å²) in [6, 6.07) is 10.2. The number of ether oxygens (including phenoxy) is 1. The minimum absolute atomic E-state index is 0.273. The van der Waals surface area contributed by atoms with Gasteiger partial charge in [0.1, 0.15) is 5.82 Å². The van der Waals surface area contributed by atoms with Gasteiger partial charge in [0.2, 0.25) is 0 Å². The normalized spacial score (nSPS) is 14.9. The van der Waals surface area contributed by atoms with Gasteiger partial charge in [-0.05, 0) is 30.3 Å². The number of carbonyl (C=O) groups is 1. The zero-order chi connectivity index (χ0) is 17.5. The lowest BCUT2D eigenvalue weighted by Gasteiger charge is -2.26. The number of carbonyl (C=O) groups excluding carboxylic acids is 1. The fourth-order valence-corrected chi connectivity index (χ4v) is 2.67. The van der Waals surface area contributed by atoms with Gasteiger partial charge in [0.05, 0.1) is 13.2 Å². The Morgan fingerprint density at radius 2 is 1.92 bits per heavy atom. The van der Waals surface area contributed by atoms with Crippen LogP contribution >= 0.6 is 11.6 Å². The number of rotatable bonds is 6. The summed E-state index contributed by atoms with van der Waals surface area (Å²) < 4.78 is 5.32. The fourth-order valence-electron chi connectivity index (χ4n) is 2.48. The first-order chi connectivity index (χ1) is 12.2. The smallest absolute Gasteiger partial charge is 0.256 e. The number of nitrogens with one attached hydrogen (secondary N) is 2. The lowest BCUT2D eigenvalue weighted by molar-refractivity contribution is 0.0398. The van der Waals surface area contributed by atoms with E-state index in [1.165, 1.54) is 0 Å². The predicted molar refractivity (Wildman–Crippen MR) is 97.2 cm³/mol. The van der Waals surface area contributed by atoms with Crippen molar-refractivity contribution in [2.75, 3.05) is 50.0 Å². The molecule has 2 N–H and O–H groups in total. The standard InChI is InChI=1S/C17H20ClN5O2/c18-14-3-1-2-13(12-14)17(24)20-16-5-4-15(21-22-16)19-6-7-23-8-10-25-11-9-23/h1-5,12H,6-11H2,(H,19,21)(H,20,22,24). The fraction of sp³-hybridized carbons (Fsp3) is 0.353. The number of morpholine rings is 1. The molecule has 0 saturated carbocycles. The molecule has 0 spiro atoms. The number of nitrogens with zero attached hydrogens (tertiary/aromatic N) is 3. The van der Waals surface area contributed by atoms with E-state index in [1.54, 1.807) is 36.4 Å². The summed E-state index contributed by atoms with van der Waals surface area (Å²) in [5, 5.41) is 14.5. The maximum absolute atomic E-state index is 12.1. The second-order valence-electron chi connectivity index (χ2n) is 5.65. The third-order valence-corrected chi connectivity index (χ3v) is 4.07. The van der Waals surface area contributed by atoms with Crippen molar-refractivity contribution < 1.29 is 9.53 Å². The molecule has 1 saturated heterocycles. The second-order valence-corrected chi connectivity index (χ2v) is 6.09. The van der Waals surface area contributed by atoms with Crippen LogP contribution in [-0.2, 0) is 4.74 Å². The summed E-state index contributed by atoms with van der Waals surface area (Å²) >= 11 is 5.89. The number of anilines is 2. The van der Waals surface area contributed by atoms with Crippen LogP contribution in [-0.4, -0.2) is 60.4 Å². The highest BCUT2D eigenvalue weighted by atomic mass is 35.5. The Balaban J connectivity index is 1.47. The van der Waals surface area contributed by atoms with Gasteiger partial charge in [-0.25, -0.2) is 0 Å². The Morgan fingerprint density at radius 1 is 1.16 bits per heavy atom. The van der Waals surface area contributed by atoms with E-state index in [4.69, 9.17) is 16.3 Å². The molecule has 1 aromatic carbocycles. The molecule has 1 aliphatic rings. The predicted octanol–water partition coefficient (Wildman–Crippen LogP) is 2.13. The largest absolute Gasteiger partial charge is 0.379 e. The topological polar surface area (TPSA) is 79.4 Å². The molecule has 0 atom stereocenters. The van der Waals surface area contributed by atoms with Crippen LogP contribution in [0.15, 0.2) is 36.4 Å². The zero-order valence-corrected chi connectivity index (χ0v) is 14.5. The van der Waals surface area contributed by atoms with Crippen molar-refractivity contribution in [2.24, 2.45) is 0 Å². The average molecular weight is 362 g/mol. The van der Waals surface area contributed by atoms with Crippen LogP contribution in [0.25, 0.3) is 0 Å². The van der Waals surface area contributed by atoms with E-state index in [-0.39, 0.29) is 5.91 Å². The molecule has 1 aromatic heterocycles. The molecule has 3 rings (SSSR count). The van der Waals surface area contributed by atoms with E-state index in [1.807, 2.05) is 0 Å². The van der Waals surface area contributed by atoms with Gasteiger partial charge < -0.3 is 15.4 Å². The van der Waals surface area contributed by atoms with Crippen LogP contribution < -0.4 is 10.6 Å². The van der Waals surface area contributed by atoms with Crippen LogP contribution in [0, 0.1) is 0 Å². The second kappa shape index (κ2) is 8.75. The van der Waals surface area contributed by atoms with E-state index < -0.39 is 0 Å². The van der Waals surface area contributed by atoms with E-state index in [2.05, 4.69) is 25.7 Å². The Kier molecular flexibility index (Phi) is 6.16. The summed E-state index contributed by atoms with van der Waals surface area (Å²) in [6.45, 7) is 5.21. The van der Waals surface area contributed by atoms with E-state index in [9.17, 15) is 4.79 Å².